The molecular weight excluding hydrogens is 631 g/mol. The highest BCUT2D eigenvalue weighted by atomic mass is 16.3. The molecule has 11 rings (SSSR count). The van der Waals surface area contributed by atoms with Gasteiger partial charge >= 0.3 is 0 Å². The molecule has 6 heteroatoms. The predicted molar refractivity (Wildman–Crippen MR) is 203 cm³/mol. The number of hydrogen-bond acceptors (Lipinski definition) is 6. The Labute approximate surface area is 290 Å². The molecule has 0 bridgehead atoms. The van der Waals surface area contributed by atoms with E-state index in [2.05, 4.69) is 54.6 Å². The molecule has 11 aromatic rings. The van der Waals surface area contributed by atoms with E-state index in [9.17, 15) is 0 Å². The molecule has 0 saturated heterocycles. The van der Waals surface area contributed by atoms with Gasteiger partial charge in [-0.15, -0.1) is 0 Å². The van der Waals surface area contributed by atoms with Gasteiger partial charge in [0.2, 0.25) is 0 Å². The summed E-state index contributed by atoms with van der Waals surface area (Å²) in [6.45, 7) is 0. The number of benzene rings is 7. The van der Waals surface area contributed by atoms with E-state index in [4.69, 9.17) is 28.2 Å². The number of furan rings is 3. The number of hydrogen-bond donors (Lipinski definition) is 0. The highest BCUT2D eigenvalue weighted by Gasteiger charge is 2.20. The summed E-state index contributed by atoms with van der Waals surface area (Å²) in [5.41, 5.74) is 9.59. The van der Waals surface area contributed by atoms with Gasteiger partial charge in [0.1, 0.15) is 33.5 Å². The molecule has 4 heterocycles. The number of para-hydroxylation sites is 3. The lowest BCUT2D eigenvalue weighted by atomic mass is 9.97. The van der Waals surface area contributed by atoms with Crippen LogP contribution in [0, 0.1) is 0 Å². The summed E-state index contributed by atoms with van der Waals surface area (Å²) in [6, 6.07) is 51.0. The molecule has 0 radical (unpaired) electrons. The molecule has 4 aromatic heterocycles. The van der Waals surface area contributed by atoms with Crippen molar-refractivity contribution in [3.8, 4) is 45.3 Å². The highest BCUT2D eigenvalue weighted by Crippen LogP contribution is 2.42. The lowest BCUT2D eigenvalue weighted by molar-refractivity contribution is 0.668. The Bertz CT molecular complexity index is 3150. The minimum absolute atomic E-state index is 0.565. The van der Waals surface area contributed by atoms with E-state index >= 15 is 0 Å². The van der Waals surface area contributed by atoms with Crippen LogP contribution in [0.4, 0.5) is 0 Å². The van der Waals surface area contributed by atoms with E-state index in [0.29, 0.717) is 17.5 Å². The van der Waals surface area contributed by atoms with E-state index in [1.807, 2.05) is 97.1 Å². The van der Waals surface area contributed by atoms with Crippen LogP contribution >= 0.6 is 0 Å². The third kappa shape index (κ3) is 4.33. The molecule has 0 amide bonds. The van der Waals surface area contributed by atoms with Crippen molar-refractivity contribution >= 4 is 65.8 Å². The van der Waals surface area contributed by atoms with E-state index in [1.165, 1.54) is 0 Å². The van der Waals surface area contributed by atoms with Crippen LogP contribution in [0.25, 0.3) is 111 Å². The molecule has 7 aromatic carbocycles. The Hall–Kier alpha value is -7.05. The summed E-state index contributed by atoms with van der Waals surface area (Å²) in [7, 11) is 0. The second-order valence-electron chi connectivity index (χ2n) is 12.8. The van der Waals surface area contributed by atoms with Crippen LogP contribution in [-0.2, 0) is 0 Å². The average Bonchev–Trinajstić information content (AvgIpc) is 3.88. The van der Waals surface area contributed by atoms with Crippen LogP contribution in [0.15, 0.2) is 165 Å². The number of nitrogens with zero attached hydrogens (tertiary/aromatic N) is 3. The molecule has 6 nitrogen and oxygen atoms in total. The molecule has 51 heavy (non-hydrogen) atoms. The normalized spacial score (nSPS) is 11.9. The second-order valence-corrected chi connectivity index (χ2v) is 12.8. The second kappa shape index (κ2) is 10.7. The van der Waals surface area contributed by atoms with E-state index < -0.39 is 0 Å². The van der Waals surface area contributed by atoms with Crippen molar-refractivity contribution in [1.29, 1.82) is 0 Å². The molecule has 0 N–H and O–H groups in total. The van der Waals surface area contributed by atoms with E-state index in [0.717, 1.165) is 93.6 Å². The first-order valence-corrected chi connectivity index (χ1v) is 16.8. The Morgan fingerprint density at radius 2 is 0.863 bits per heavy atom. The summed E-state index contributed by atoms with van der Waals surface area (Å²) in [4.78, 5) is 15.1. The van der Waals surface area contributed by atoms with Crippen molar-refractivity contribution in [2.75, 3.05) is 0 Å². The summed E-state index contributed by atoms with van der Waals surface area (Å²) in [5, 5.41) is 6.30. The van der Waals surface area contributed by atoms with Gasteiger partial charge in [-0.25, -0.2) is 15.0 Å². The standard InChI is InChI=1S/C45H25N3O3/c1-2-10-26(11-3-1)43-46-44(48-45(47-43)28-20-22-31-29-12-4-6-17-36(29)50-40(31)25-28)27-21-23-38-35(24-27)41-32(14-9-19-39(41)49-38)34-16-8-15-33-30-13-5-7-18-37(30)51-42(33)34/h1-25H. The van der Waals surface area contributed by atoms with Crippen LogP contribution in [0.1, 0.15) is 0 Å². The molecule has 0 aliphatic heterocycles. The van der Waals surface area contributed by atoms with Gasteiger partial charge in [-0.05, 0) is 54.1 Å². The van der Waals surface area contributed by atoms with Crippen LogP contribution in [0.5, 0.6) is 0 Å². The fourth-order valence-electron chi connectivity index (χ4n) is 7.37. The lowest BCUT2D eigenvalue weighted by Gasteiger charge is -2.09. The Morgan fingerprint density at radius 3 is 1.69 bits per heavy atom. The molecule has 0 spiro atoms. The molecule has 0 unspecified atom stereocenters. The fourth-order valence-corrected chi connectivity index (χ4v) is 7.37. The number of fused-ring (bicyclic) bond motifs is 9. The Balaban J connectivity index is 1.11. The maximum Gasteiger partial charge on any atom is 0.164 e. The van der Waals surface area contributed by atoms with Crippen molar-refractivity contribution in [2.24, 2.45) is 0 Å². The zero-order chi connectivity index (χ0) is 33.5. The molecule has 0 fully saturated rings. The molecule has 0 saturated carbocycles. The highest BCUT2D eigenvalue weighted by molar-refractivity contribution is 6.17. The third-order valence-corrected chi connectivity index (χ3v) is 9.75. The Kier molecular flexibility index (Phi) is 5.86. The summed E-state index contributed by atoms with van der Waals surface area (Å²) >= 11 is 0. The minimum Gasteiger partial charge on any atom is -0.456 e. The van der Waals surface area contributed by atoms with Crippen molar-refractivity contribution in [3.05, 3.63) is 152 Å². The third-order valence-electron chi connectivity index (χ3n) is 9.75. The SMILES string of the molecule is c1ccc(-c2nc(-c3ccc4c(c3)oc3ccccc34)nc(-c3ccc4oc5cccc(-c6cccc7c6oc6ccccc67)c5c4c3)n2)cc1. The first-order valence-electron chi connectivity index (χ1n) is 16.8. The van der Waals surface area contributed by atoms with Crippen molar-refractivity contribution in [2.45, 2.75) is 0 Å². The predicted octanol–water partition coefficient (Wildman–Crippen LogP) is 12.2. The van der Waals surface area contributed by atoms with Crippen LogP contribution in [0.2, 0.25) is 0 Å². The van der Waals surface area contributed by atoms with Gasteiger partial charge < -0.3 is 13.3 Å². The van der Waals surface area contributed by atoms with Gasteiger partial charge in [0.05, 0.1) is 0 Å². The zero-order valence-corrected chi connectivity index (χ0v) is 27.0. The summed E-state index contributed by atoms with van der Waals surface area (Å²) in [5.74, 6) is 1.72. The summed E-state index contributed by atoms with van der Waals surface area (Å²) < 4.78 is 19.1. The van der Waals surface area contributed by atoms with Crippen molar-refractivity contribution in [1.82, 2.24) is 15.0 Å². The van der Waals surface area contributed by atoms with E-state index in [-0.39, 0.29) is 0 Å². The van der Waals surface area contributed by atoms with Gasteiger partial charge in [0.25, 0.3) is 0 Å². The van der Waals surface area contributed by atoms with Crippen molar-refractivity contribution in [3.63, 3.8) is 0 Å². The smallest absolute Gasteiger partial charge is 0.164 e. The zero-order valence-electron chi connectivity index (χ0n) is 27.0. The quantitative estimate of drug-likeness (QED) is 0.188. The summed E-state index contributed by atoms with van der Waals surface area (Å²) in [6.07, 6.45) is 0. The largest absolute Gasteiger partial charge is 0.456 e. The fraction of sp³-hybridized carbons (Fsp3) is 0. The Morgan fingerprint density at radius 1 is 0.314 bits per heavy atom. The lowest BCUT2D eigenvalue weighted by Crippen LogP contribution is -2.00. The first kappa shape index (κ1) is 27.9. The first-order chi connectivity index (χ1) is 25.2. The van der Waals surface area contributed by atoms with E-state index in [1.54, 1.807) is 0 Å². The van der Waals surface area contributed by atoms with Gasteiger partial charge in [-0.2, -0.15) is 0 Å². The molecule has 0 aliphatic carbocycles. The monoisotopic (exact) mass is 655 g/mol. The minimum atomic E-state index is 0.565. The molecule has 0 aliphatic rings. The van der Waals surface area contributed by atoms with Crippen LogP contribution in [-0.4, -0.2) is 15.0 Å². The van der Waals surface area contributed by atoms with Gasteiger partial charge in [-0.3, -0.25) is 0 Å². The molecular formula is C45H25N3O3. The van der Waals surface area contributed by atoms with Crippen LogP contribution in [0.3, 0.4) is 0 Å². The number of aromatic nitrogens is 3. The molecule has 0 atom stereocenters. The number of rotatable bonds is 4. The van der Waals surface area contributed by atoms with Gasteiger partial charge in [0.15, 0.2) is 17.5 Å². The topological polar surface area (TPSA) is 78.1 Å². The average molecular weight is 656 g/mol. The van der Waals surface area contributed by atoms with Crippen LogP contribution < -0.4 is 0 Å². The maximum absolute atomic E-state index is 6.46. The van der Waals surface area contributed by atoms with Crippen molar-refractivity contribution < 1.29 is 13.3 Å². The van der Waals surface area contributed by atoms with Gasteiger partial charge in [0, 0.05) is 54.6 Å². The van der Waals surface area contributed by atoms with Gasteiger partial charge in [-0.1, -0.05) is 103 Å². The maximum atomic E-state index is 6.46. The molecule has 238 valence electrons.